The summed E-state index contributed by atoms with van der Waals surface area (Å²) in [5, 5.41) is 18.8. The Morgan fingerprint density at radius 2 is 1.90 bits per heavy atom. The molecule has 1 aromatic heterocycles. The van der Waals surface area contributed by atoms with Gasteiger partial charge in [0.2, 0.25) is 0 Å². The number of benzene rings is 1. The van der Waals surface area contributed by atoms with Crippen LogP contribution in [0.1, 0.15) is 136 Å². The van der Waals surface area contributed by atoms with E-state index in [0.29, 0.717) is 11.2 Å². The van der Waals surface area contributed by atoms with E-state index in [9.17, 15) is 15.2 Å². The first-order valence-electron chi connectivity index (χ1n) is 15.8. The lowest BCUT2D eigenvalue weighted by atomic mass is 9.65. The second-order valence-corrected chi connectivity index (χ2v) is 16.1. The molecule has 5 rings (SSSR count). The molecule has 3 aliphatic rings. The molecule has 0 spiro atoms. The number of nitriles is 1. The summed E-state index contributed by atoms with van der Waals surface area (Å²) in [4.78, 5) is 17.3. The number of thiophene rings is 1. The number of rotatable bonds is 10. The molecule has 0 fully saturated rings. The highest BCUT2D eigenvalue weighted by atomic mass is 32.2. The van der Waals surface area contributed by atoms with E-state index in [0.717, 1.165) is 29.3 Å². The topological polar surface area (TPSA) is 64.3 Å². The Balaban J connectivity index is 1.55. The van der Waals surface area contributed by atoms with Crippen LogP contribution < -0.4 is 4.90 Å². The number of aliphatic carboxylic acids is 1. The minimum Gasteiger partial charge on any atom is -0.477 e. The number of hydrogen-bond acceptors (Lipinski definition) is 5. The summed E-state index contributed by atoms with van der Waals surface area (Å²) in [6, 6.07) is 8.42. The van der Waals surface area contributed by atoms with Crippen molar-refractivity contribution in [2.24, 2.45) is 0 Å². The number of anilines is 1. The van der Waals surface area contributed by atoms with E-state index < -0.39 is 5.97 Å². The number of carbonyl (C=O) groups is 1. The van der Waals surface area contributed by atoms with Gasteiger partial charge in [0.1, 0.15) is 11.6 Å². The molecule has 2 unspecified atom stereocenters. The third-order valence-corrected chi connectivity index (χ3v) is 12.3. The van der Waals surface area contributed by atoms with Crippen molar-refractivity contribution in [1.82, 2.24) is 0 Å². The van der Waals surface area contributed by atoms with Crippen LogP contribution in [0.25, 0.3) is 11.0 Å². The Bertz CT molecular complexity index is 1450. The van der Waals surface area contributed by atoms with Gasteiger partial charge in [0, 0.05) is 38.7 Å². The molecule has 2 aromatic rings. The maximum Gasteiger partial charge on any atom is 0.346 e. The van der Waals surface area contributed by atoms with E-state index in [2.05, 4.69) is 64.7 Å². The molecule has 0 bridgehead atoms. The van der Waals surface area contributed by atoms with Crippen molar-refractivity contribution >= 4 is 45.7 Å². The monoisotopic (exact) mass is 602 g/mol. The lowest BCUT2D eigenvalue weighted by molar-refractivity contribution is -0.132. The highest BCUT2D eigenvalue weighted by molar-refractivity contribution is 8.09. The van der Waals surface area contributed by atoms with E-state index in [1.54, 1.807) is 45.3 Å². The van der Waals surface area contributed by atoms with Gasteiger partial charge in [-0.3, -0.25) is 0 Å². The van der Waals surface area contributed by atoms with E-state index in [1.807, 2.05) is 17.8 Å². The number of carboxylic acids is 1. The second kappa shape index (κ2) is 12.2. The van der Waals surface area contributed by atoms with Crippen molar-refractivity contribution in [1.29, 1.82) is 5.26 Å². The molecule has 0 radical (unpaired) electrons. The Kier molecular flexibility index (Phi) is 9.03. The van der Waals surface area contributed by atoms with Gasteiger partial charge in [-0.25, -0.2) is 4.79 Å². The van der Waals surface area contributed by atoms with Gasteiger partial charge in [0.15, 0.2) is 0 Å². The molecule has 3 aliphatic heterocycles. The number of nitrogens with zero attached hydrogens (tertiary/aromatic N) is 2. The summed E-state index contributed by atoms with van der Waals surface area (Å²) in [5.74, 6) is -0.663. The summed E-state index contributed by atoms with van der Waals surface area (Å²) in [7, 11) is 0. The fourth-order valence-electron chi connectivity index (χ4n) is 7.14. The summed E-state index contributed by atoms with van der Waals surface area (Å²) in [6.45, 7) is 16.9. The predicted molar refractivity (Wildman–Crippen MR) is 180 cm³/mol. The SMILES string of the molecule is CCCCCCC(C)c1c(C2CC=C(c3ccc(/C=C(\C#N)C(=O)O)s3)S2)cc2c3c1C(C)(C)CCN3CCC2(C)C. The molecule has 6 heteroatoms. The van der Waals surface area contributed by atoms with Gasteiger partial charge in [-0.1, -0.05) is 79.4 Å². The van der Waals surface area contributed by atoms with E-state index >= 15 is 0 Å². The first-order chi connectivity index (χ1) is 20.0. The number of thioether (sulfide) groups is 1. The van der Waals surface area contributed by atoms with Crippen molar-refractivity contribution in [3.05, 3.63) is 61.9 Å². The fourth-order valence-corrected chi connectivity index (χ4v) is 9.49. The third kappa shape index (κ3) is 5.97. The standard InChI is InChI=1S/C36H46N2O2S2/c1-7-8-9-10-11-23(2)31-26(21-27-33-32(31)36(5,6)17-19-38(33)18-16-35(27,3)4)28-14-15-30(42-28)29-13-12-25(41-29)20-24(22-37)34(39)40/h12-13,15,20-21,23,28H,7-11,14,16-19H2,1-6H3,(H,39,40)/b24-20+. The molecule has 0 saturated heterocycles. The Labute approximate surface area is 260 Å². The van der Waals surface area contributed by atoms with Crippen LogP contribution in [0.15, 0.2) is 29.8 Å². The number of unbranched alkanes of at least 4 members (excludes halogenated alkanes) is 3. The quantitative estimate of drug-likeness (QED) is 0.166. The minimum absolute atomic E-state index is 0.147. The Hall–Kier alpha value is -2.49. The number of hydrogen-bond donors (Lipinski definition) is 1. The highest BCUT2D eigenvalue weighted by Crippen LogP contribution is 2.57. The molecule has 1 N–H and O–H groups in total. The van der Waals surface area contributed by atoms with Crippen molar-refractivity contribution < 1.29 is 9.90 Å². The maximum atomic E-state index is 11.3. The largest absolute Gasteiger partial charge is 0.477 e. The molecule has 1 aromatic carbocycles. The lowest BCUT2D eigenvalue weighted by Gasteiger charge is -2.50. The summed E-state index contributed by atoms with van der Waals surface area (Å²) >= 11 is 3.54. The summed E-state index contributed by atoms with van der Waals surface area (Å²) in [5.41, 5.74) is 7.98. The molecule has 0 aliphatic carbocycles. The molecular formula is C36H46N2O2S2. The van der Waals surface area contributed by atoms with Gasteiger partial charge < -0.3 is 10.0 Å². The minimum atomic E-state index is -1.18. The van der Waals surface area contributed by atoms with E-state index in [-0.39, 0.29) is 16.4 Å². The molecule has 4 nitrogen and oxygen atoms in total. The zero-order chi connectivity index (χ0) is 30.2. The van der Waals surface area contributed by atoms with Gasteiger partial charge in [-0.05, 0) is 82.9 Å². The van der Waals surface area contributed by atoms with Crippen LogP contribution in [0, 0.1) is 11.3 Å². The van der Waals surface area contributed by atoms with Crippen molar-refractivity contribution in [2.75, 3.05) is 18.0 Å². The Morgan fingerprint density at radius 1 is 1.17 bits per heavy atom. The van der Waals surface area contributed by atoms with Crippen LogP contribution in [0.3, 0.4) is 0 Å². The Morgan fingerprint density at radius 3 is 2.60 bits per heavy atom. The summed E-state index contributed by atoms with van der Waals surface area (Å²) in [6.07, 6.45) is 13.7. The molecule has 4 heterocycles. The van der Waals surface area contributed by atoms with E-state index in [1.165, 1.54) is 55.9 Å². The van der Waals surface area contributed by atoms with E-state index in [4.69, 9.17) is 0 Å². The van der Waals surface area contributed by atoms with Crippen LogP contribution in [-0.4, -0.2) is 24.2 Å². The summed E-state index contributed by atoms with van der Waals surface area (Å²) < 4.78 is 0. The second-order valence-electron chi connectivity index (χ2n) is 13.7. The van der Waals surface area contributed by atoms with Gasteiger partial charge >= 0.3 is 5.97 Å². The van der Waals surface area contributed by atoms with Crippen LogP contribution >= 0.6 is 23.1 Å². The average molecular weight is 603 g/mol. The normalized spacial score (nSPS) is 21.5. The van der Waals surface area contributed by atoms with Gasteiger partial charge in [-0.15, -0.1) is 23.1 Å². The molecule has 0 saturated carbocycles. The third-order valence-electron chi connectivity index (χ3n) is 9.73. The molecular weight excluding hydrogens is 557 g/mol. The van der Waals surface area contributed by atoms with Gasteiger partial charge in [0.25, 0.3) is 0 Å². The maximum absolute atomic E-state index is 11.3. The van der Waals surface area contributed by atoms with Crippen LogP contribution in [0.2, 0.25) is 0 Å². The lowest BCUT2D eigenvalue weighted by Crippen LogP contribution is -2.45. The van der Waals surface area contributed by atoms with Gasteiger partial charge in [-0.2, -0.15) is 5.26 Å². The van der Waals surface area contributed by atoms with Crippen LogP contribution in [0.4, 0.5) is 5.69 Å². The van der Waals surface area contributed by atoms with Crippen LogP contribution in [0.5, 0.6) is 0 Å². The smallest absolute Gasteiger partial charge is 0.346 e. The van der Waals surface area contributed by atoms with Crippen LogP contribution in [-0.2, 0) is 15.6 Å². The zero-order valence-corrected chi connectivity index (χ0v) is 27.8. The van der Waals surface area contributed by atoms with Crippen molar-refractivity contribution in [3.8, 4) is 6.07 Å². The van der Waals surface area contributed by atoms with Crippen molar-refractivity contribution in [3.63, 3.8) is 0 Å². The molecule has 42 heavy (non-hydrogen) atoms. The number of allylic oxidation sites excluding steroid dienone is 1. The first kappa shape index (κ1) is 31.0. The predicted octanol–water partition coefficient (Wildman–Crippen LogP) is 10.2. The first-order valence-corrected chi connectivity index (χ1v) is 17.4. The molecule has 224 valence electrons. The molecule has 2 atom stereocenters. The van der Waals surface area contributed by atoms with Gasteiger partial charge in [0.05, 0.1) is 0 Å². The van der Waals surface area contributed by atoms with Crippen molar-refractivity contribution in [2.45, 2.75) is 115 Å². The fraction of sp³-hybridized carbons (Fsp3) is 0.556. The highest BCUT2D eigenvalue weighted by Gasteiger charge is 2.43. The average Bonchev–Trinajstić information content (AvgIpc) is 3.62. The zero-order valence-electron chi connectivity index (χ0n) is 26.2. The molecule has 0 amide bonds. The number of carboxylic acid groups (broad SMARTS) is 1.